The number of carbonyl (C=O) groups is 1. The first-order valence-electron chi connectivity index (χ1n) is 10.6. The van der Waals surface area contributed by atoms with Crippen molar-refractivity contribution in [3.63, 3.8) is 0 Å². The van der Waals surface area contributed by atoms with Crippen LogP contribution in [0.4, 0.5) is 0 Å². The molecule has 1 nitrogen and oxygen atoms in total. The largest absolute Gasteiger partial charge is 0.299 e. The van der Waals surface area contributed by atoms with Crippen molar-refractivity contribution >= 4 is 17.5 Å². The lowest BCUT2D eigenvalue weighted by Gasteiger charge is -2.05. The van der Waals surface area contributed by atoms with Crippen LogP contribution in [0.25, 0.3) is 0 Å². The fraction of sp³-hybridized carbons (Fsp3) is 0.500. The van der Waals surface area contributed by atoms with E-state index in [1.54, 1.807) is 0 Å². The Morgan fingerprint density at radius 1 is 0.821 bits per heavy atom. The van der Waals surface area contributed by atoms with Crippen LogP contribution in [0.3, 0.4) is 0 Å². The van der Waals surface area contributed by atoms with E-state index in [1.807, 2.05) is 25.6 Å². The maximum absolute atomic E-state index is 11.7. The third-order valence-corrected chi connectivity index (χ3v) is 5.84. The summed E-state index contributed by atoms with van der Waals surface area (Å²) in [6.07, 6.45) is 13.1. The molecular formula is C26H38OS. The smallest absolute Gasteiger partial charge is 0.135 e. The molecule has 28 heavy (non-hydrogen) atoms. The second kappa shape index (κ2) is 14.5. The van der Waals surface area contributed by atoms with Gasteiger partial charge in [0, 0.05) is 23.0 Å². The molecule has 0 saturated heterocycles. The first kappa shape index (κ1) is 24.5. The van der Waals surface area contributed by atoms with Crippen molar-refractivity contribution in [1.29, 1.82) is 0 Å². The van der Waals surface area contributed by atoms with Gasteiger partial charge >= 0.3 is 0 Å². The van der Waals surface area contributed by atoms with Gasteiger partial charge in [-0.1, -0.05) is 67.0 Å². The van der Waals surface area contributed by atoms with Crippen LogP contribution in [0.15, 0.2) is 70.2 Å². The minimum Gasteiger partial charge on any atom is -0.299 e. The maximum Gasteiger partial charge on any atom is 0.135 e. The highest BCUT2D eigenvalue weighted by Crippen LogP contribution is 2.19. The molecule has 0 saturated carbocycles. The van der Waals surface area contributed by atoms with E-state index in [4.69, 9.17) is 0 Å². The standard InChI is InChI=1S/C26H38OS/c1-21(2)26(27)18-17-23(4)13-9-11-22(3)12-10-14-24(5)19-20-28-25-15-7-6-8-16-25/h6-8,12-13,15-16,19,21H,9-11,14,17-18,20H2,1-5H3/b22-12+,23-13+,24-19+. The van der Waals surface area contributed by atoms with Crippen molar-refractivity contribution in [3.8, 4) is 0 Å². The molecule has 0 bridgehead atoms. The fourth-order valence-corrected chi connectivity index (χ4v) is 3.71. The van der Waals surface area contributed by atoms with Crippen LogP contribution in [-0.4, -0.2) is 11.5 Å². The van der Waals surface area contributed by atoms with Gasteiger partial charge in [-0.25, -0.2) is 0 Å². The van der Waals surface area contributed by atoms with E-state index >= 15 is 0 Å². The normalized spacial score (nSPS) is 13.3. The zero-order valence-electron chi connectivity index (χ0n) is 18.5. The van der Waals surface area contributed by atoms with E-state index in [2.05, 4.69) is 69.3 Å². The lowest BCUT2D eigenvalue weighted by molar-refractivity contribution is -0.121. The molecule has 0 aliphatic carbocycles. The Balaban J connectivity index is 2.22. The molecule has 0 fully saturated rings. The number of hydrogen-bond acceptors (Lipinski definition) is 2. The van der Waals surface area contributed by atoms with Crippen LogP contribution < -0.4 is 0 Å². The highest BCUT2D eigenvalue weighted by Gasteiger charge is 2.06. The van der Waals surface area contributed by atoms with Crippen LogP contribution in [0.2, 0.25) is 0 Å². The molecule has 0 aliphatic rings. The summed E-state index contributed by atoms with van der Waals surface area (Å²) >= 11 is 1.89. The van der Waals surface area contributed by atoms with Crippen molar-refractivity contribution in [2.45, 2.75) is 78.0 Å². The Morgan fingerprint density at radius 3 is 1.93 bits per heavy atom. The average Bonchev–Trinajstić information content (AvgIpc) is 2.66. The second-order valence-corrected chi connectivity index (χ2v) is 9.07. The van der Waals surface area contributed by atoms with Crippen molar-refractivity contribution < 1.29 is 4.79 Å². The molecule has 0 aromatic heterocycles. The topological polar surface area (TPSA) is 17.1 Å². The van der Waals surface area contributed by atoms with E-state index < -0.39 is 0 Å². The maximum atomic E-state index is 11.7. The molecule has 0 N–H and O–H groups in total. The minimum absolute atomic E-state index is 0.160. The molecule has 0 aliphatic heterocycles. The molecule has 1 aromatic rings. The van der Waals surface area contributed by atoms with Gasteiger partial charge in [0.2, 0.25) is 0 Å². The van der Waals surface area contributed by atoms with Crippen molar-refractivity contribution in [1.82, 2.24) is 0 Å². The minimum atomic E-state index is 0.160. The number of ketones is 1. The summed E-state index contributed by atoms with van der Waals surface area (Å²) in [5.74, 6) is 1.57. The summed E-state index contributed by atoms with van der Waals surface area (Å²) in [7, 11) is 0. The highest BCUT2D eigenvalue weighted by atomic mass is 32.2. The van der Waals surface area contributed by atoms with Gasteiger partial charge in [-0.3, -0.25) is 4.79 Å². The predicted octanol–water partition coefficient (Wildman–Crippen LogP) is 8.18. The predicted molar refractivity (Wildman–Crippen MR) is 126 cm³/mol. The number of Topliss-reactive ketones (excluding diaryl/α,β-unsaturated/α-hetero) is 1. The van der Waals surface area contributed by atoms with Crippen LogP contribution in [0.5, 0.6) is 0 Å². The molecule has 0 atom stereocenters. The van der Waals surface area contributed by atoms with Gasteiger partial charge in [-0.05, 0) is 65.0 Å². The van der Waals surface area contributed by atoms with Crippen molar-refractivity contribution in [3.05, 3.63) is 65.3 Å². The summed E-state index contributed by atoms with van der Waals surface area (Å²) in [5, 5.41) is 0. The van der Waals surface area contributed by atoms with E-state index in [0.29, 0.717) is 12.2 Å². The van der Waals surface area contributed by atoms with Gasteiger partial charge in [0.25, 0.3) is 0 Å². The molecular weight excluding hydrogens is 360 g/mol. The number of allylic oxidation sites excluding steroid dienone is 5. The van der Waals surface area contributed by atoms with Gasteiger partial charge in [0.15, 0.2) is 0 Å². The third-order valence-electron chi connectivity index (χ3n) is 4.90. The Labute approximate surface area is 177 Å². The van der Waals surface area contributed by atoms with Crippen molar-refractivity contribution in [2.75, 3.05) is 5.75 Å². The number of thioether (sulfide) groups is 1. The lowest BCUT2D eigenvalue weighted by Crippen LogP contribution is -2.06. The van der Waals surface area contributed by atoms with Gasteiger partial charge in [-0.15, -0.1) is 11.8 Å². The average molecular weight is 399 g/mol. The molecule has 0 heterocycles. The van der Waals surface area contributed by atoms with Gasteiger partial charge in [0.1, 0.15) is 5.78 Å². The Morgan fingerprint density at radius 2 is 1.36 bits per heavy atom. The quantitative estimate of drug-likeness (QED) is 0.246. The molecule has 2 heteroatoms. The van der Waals surface area contributed by atoms with E-state index in [9.17, 15) is 4.79 Å². The van der Waals surface area contributed by atoms with Gasteiger partial charge in [-0.2, -0.15) is 0 Å². The van der Waals surface area contributed by atoms with Crippen LogP contribution in [0.1, 0.15) is 73.1 Å². The van der Waals surface area contributed by atoms with Crippen LogP contribution >= 0.6 is 11.8 Å². The number of rotatable bonds is 13. The summed E-state index contributed by atoms with van der Waals surface area (Å²) < 4.78 is 0. The summed E-state index contributed by atoms with van der Waals surface area (Å²) in [5.41, 5.74) is 4.28. The SMILES string of the molecule is C/C(=C\CC/C(C)=C/CSc1ccccc1)CC/C=C(\C)CCC(=O)C(C)C. The van der Waals surface area contributed by atoms with E-state index in [0.717, 1.165) is 37.9 Å². The summed E-state index contributed by atoms with van der Waals surface area (Å²) in [4.78, 5) is 13.0. The summed E-state index contributed by atoms with van der Waals surface area (Å²) in [6, 6.07) is 10.6. The Hall–Kier alpha value is -1.54. The lowest BCUT2D eigenvalue weighted by atomic mass is 10.0. The number of benzene rings is 1. The molecule has 0 spiro atoms. The summed E-state index contributed by atoms with van der Waals surface area (Å²) in [6.45, 7) is 10.6. The van der Waals surface area contributed by atoms with Gasteiger partial charge in [0.05, 0.1) is 0 Å². The highest BCUT2D eigenvalue weighted by molar-refractivity contribution is 7.99. The first-order chi connectivity index (χ1) is 13.4. The van der Waals surface area contributed by atoms with Crippen LogP contribution in [-0.2, 0) is 4.79 Å². The fourth-order valence-electron chi connectivity index (χ4n) is 2.80. The van der Waals surface area contributed by atoms with E-state index in [-0.39, 0.29) is 5.92 Å². The molecule has 0 unspecified atom stereocenters. The molecule has 1 rings (SSSR count). The van der Waals surface area contributed by atoms with Gasteiger partial charge < -0.3 is 0 Å². The number of hydrogen-bond donors (Lipinski definition) is 0. The number of carbonyl (C=O) groups excluding carboxylic acids is 1. The van der Waals surface area contributed by atoms with E-state index in [1.165, 1.54) is 21.6 Å². The molecule has 1 aromatic carbocycles. The Kier molecular flexibility index (Phi) is 12.6. The monoisotopic (exact) mass is 398 g/mol. The zero-order chi connectivity index (χ0) is 20.8. The van der Waals surface area contributed by atoms with Crippen molar-refractivity contribution in [2.24, 2.45) is 5.92 Å². The zero-order valence-corrected chi connectivity index (χ0v) is 19.3. The molecule has 0 amide bonds. The third kappa shape index (κ3) is 12.0. The first-order valence-corrected chi connectivity index (χ1v) is 11.5. The Bertz CT molecular complexity index is 665. The molecule has 0 radical (unpaired) electrons. The van der Waals surface area contributed by atoms with Crippen LogP contribution in [0, 0.1) is 5.92 Å². The molecule has 154 valence electrons. The second-order valence-electron chi connectivity index (χ2n) is 7.97.